The predicted molar refractivity (Wildman–Crippen MR) is 82.5 cm³/mol. The van der Waals surface area contributed by atoms with Crippen LogP contribution in [0.1, 0.15) is 36.1 Å². The summed E-state index contributed by atoms with van der Waals surface area (Å²) in [7, 11) is 0. The summed E-state index contributed by atoms with van der Waals surface area (Å²) in [6.45, 7) is 3.94. The molecule has 2 nitrogen and oxygen atoms in total. The van der Waals surface area contributed by atoms with Crippen molar-refractivity contribution >= 4 is 5.91 Å². The number of carbonyl (C=O) groups excluding carboxylic acids is 1. The van der Waals surface area contributed by atoms with Crippen molar-refractivity contribution in [3.63, 3.8) is 0 Å². The fourth-order valence-electron chi connectivity index (χ4n) is 2.16. The maximum atomic E-state index is 12.9. The van der Waals surface area contributed by atoms with E-state index in [0.717, 1.165) is 17.5 Å². The largest absolute Gasteiger partial charge is 0.350 e. The average molecular weight is 285 g/mol. The summed E-state index contributed by atoms with van der Waals surface area (Å²) < 4.78 is 12.9. The highest BCUT2D eigenvalue weighted by Gasteiger charge is 2.09. The molecular formula is C18H20FNO. The molecule has 0 heterocycles. The van der Waals surface area contributed by atoms with Gasteiger partial charge in [-0.1, -0.05) is 42.0 Å². The van der Waals surface area contributed by atoms with Crippen LogP contribution in [-0.4, -0.2) is 5.91 Å². The predicted octanol–water partition coefficient (Wildman–Crippen LogP) is 3.94. The van der Waals surface area contributed by atoms with Gasteiger partial charge in [0.15, 0.2) is 0 Å². The molecule has 1 atom stereocenters. The molecule has 0 aliphatic heterocycles. The number of nitrogens with one attached hydrogen (secondary N) is 1. The lowest BCUT2D eigenvalue weighted by Crippen LogP contribution is -2.26. The fraction of sp³-hybridized carbons (Fsp3) is 0.278. The number of amides is 1. The summed E-state index contributed by atoms with van der Waals surface area (Å²) in [6.07, 6.45) is 1.18. The Kier molecular flexibility index (Phi) is 5.09. The Bertz CT molecular complexity index is 590. The number of aryl methyl sites for hydroxylation is 2. The molecule has 2 aromatic rings. The monoisotopic (exact) mass is 285 g/mol. The molecule has 0 aliphatic carbocycles. The van der Waals surface area contributed by atoms with Gasteiger partial charge in [-0.2, -0.15) is 0 Å². The molecule has 0 aliphatic rings. The average Bonchev–Trinajstić information content (AvgIpc) is 2.47. The highest BCUT2D eigenvalue weighted by molar-refractivity contribution is 5.76. The Hall–Kier alpha value is -2.16. The number of halogens is 1. The molecule has 0 bridgehead atoms. The summed E-state index contributed by atoms with van der Waals surface area (Å²) in [6, 6.07) is 14.3. The molecule has 0 aromatic heterocycles. The van der Waals surface area contributed by atoms with Gasteiger partial charge in [0.05, 0.1) is 6.04 Å². The Balaban J connectivity index is 1.83. The van der Waals surface area contributed by atoms with E-state index in [1.54, 1.807) is 12.1 Å². The van der Waals surface area contributed by atoms with E-state index in [0.29, 0.717) is 6.42 Å². The quantitative estimate of drug-likeness (QED) is 0.885. The molecular weight excluding hydrogens is 265 g/mol. The van der Waals surface area contributed by atoms with E-state index in [1.165, 1.54) is 17.7 Å². The van der Waals surface area contributed by atoms with Crippen LogP contribution < -0.4 is 5.32 Å². The third-order valence-corrected chi connectivity index (χ3v) is 3.51. The van der Waals surface area contributed by atoms with Crippen molar-refractivity contribution in [3.05, 3.63) is 71.0 Å². The highest BCUT2D eigenvalue weighted by atomic mass is 19.1. The SMILES string of the molecule is Cc1ccc(CCC(=O)N[C@H](C)c2ccc(F)cc2)cc1. The standard InChI is InChI=1S/C18H20FNO/c1-13-3-5-15(6-4-13)7-12-18(21)20-14(2)16-8-10-17(19)11-9-16/h3-6,8-11,14H,7,12H2,1-2H3,(H,20,21)/t14-/m1/s1. The van der Waals surface area contributed by atoms with E-state index < -0.39 is 0 Å². The third kappa shape index (κ3) is 4.71. The molecule has 110 valence electrons. The first-order valence-corrected chi connectivity index (χ1v) is 7.15. The summed E-state index contributed by atoms with van der Waals surface area (Å²) in [5.41, 5.74) is 3.28. The maximum Gasteiger partial charge on any atom is 0.220 e. The van der Waals surface area contributed by atoms with Gasteiger partial charge in [0.1, 0.15) is 5.82 Å². The van der Waals surface area contributed by atoms with Crippen molar-refractivity contribution in [3.8, 4) is 0 Å². The highest BCUT2D eigenvalue weighted by Crippen LogP contribution is 2.13. The lowest BCUT2D eigenvalue weighted by Gasteiger charge is -2.14. The van der Waals surface area contributed by atoms with Crippen molar-refractivity contribution in [2.75, 3.05) is 0 Å². The van der Waals surface area contributed by atoms with Crippen LogP contribution in [0.25, 0.3) is 0 Å². The minimum absolute atomic E-state index is 0.00685. The van der Waals surface area contributed by atoms with Gasteiger partial charge in [-0.25, -0.2) is 4.39 Å². The van der Waals surface area contributed by atoms with Crippen molar-refractivity contribution in [2.45, 2.75) is 32.7 Å². The molecule has 0 unspecified atom stereocenters. The molecule has 0 saturated carbocycles. The van der Waals surface area contributed by atoms with Gasteiger partial charge in [0.2, 0.25) is 5.91 Å². The van der Waals surface area contributed by atoms with E-state index in [2.05, 4.69) is 5.32 Å². The first-order chi connectivity index (χ1) is 10.0. The lowest BCUT2D eigenvalue weighted by atomic mass is 10.1. The Morgan fingerprint density at radius 1 is 1.10 bits per heavy atom. The first-order valence-electron chi connectivity index (χ1n) is 7.15. The molecule has 1 N–H and O–H groups in total. The van der Waals surface area contributed by atoms with Crippen LogP contribution >= 0.6 is 0 Å². The van der Waals surface area contributed by atoms with Crippen molar-refractivity contribution < 1.29 is 9.18 Å². The fourth-order valence-corrected chi connectivity index (χ4v) is 2.16. The smallest absolute Gasteiger partial charge is 0.220 e. The number of hydrogen-bond acceptors (Lipinski definition) is 1. The van der Waals surface area contributed by atoms with Crippen molar-refractivity contribution in [1.82, 2.24) is 5.32 Å². The number of benzene rings is 2. The van der Waals surface area contributed by atoms with Crippen LogP contribution in [0.5, 0.6) is 0 Å². The second kappa shape index (κ2) is 7.02. The van der Waals surface area contributed by atoms with Gasteiger partial charge in [0, 0.05) is 6.42 Å². The van der Waals surface area contributed by atoms with E-state index in [4.69, 9.17) is 0 Å². The second-order valence-corrected chi connectivity index (χ2v) is 5.33. The van der Waals surface area contributed by atoms with Crippen LogP contribution in [0.3, 0.4) is 0 Å². The minimum atomic E-state index is -0.267. The van der Waals surface area contributed by atoms with Crippen molar-refractivity contribution in [2.24, 2.45) is 0 Å². The molecule has 1 amide bonds. The Labute approximate surface area is 125 Å². The number of rotatable bonds is 5. The topological polar surface area (TPSA) is 29.1 Å². The number of carbonyl (C=O) groups is 1. The lowest BCUT2D eigenvalue weighted by molar-refractivity contribution is -0.121. The zero-order valence-electron chi connectivity index (χ0n) is 12.4. The zero-order chi connectivity index (χ0) is 15.2. The van der Waals surface area contributed by atoms with E-state index >= 15 is 0 Å². The van der Waals surface area contributed by atoms with E-state index in [9.17, 15) is 9.18 Å². The molecule has 0 fully saturated rings. The summed E-state index contributed by atoms with van der Waals surface area (Å²) in [5.74, 6) is -0.260. The van der Waals surface area contributed by atoms with Gasteiger partial charge in [-0.3, -0.25) is 4.79 Å². The normalized spacial score (nSPS) is 12.0. The molecule has 0 radical (unpaired) electrons. The molecule has 0 spiro atoms. The van der Waals surface area contributed by atoms with Crippen LogP contribution in [0.2, 0.25) is 0 Å². The van der Waals surface area contributed by atoms with Crippen LogP contribution in [0.4, 0.5) is 4.39 Å². The van der Waals surface area contributed by atoms with Gasteiger partial charge < -0.3 is 5.32 Å². The van der Waals surface area contributed by atoms with Crippen molar-refractivity contribution in [1.29, 1.82) is 0 Å². The van der Waals surface area contributed by atoms with Gasteiger partial charge in [-0.15, -0.1) is 0 Å². The minimum Gasteiger partial charge on any atom is -0.350 e. The maximum absolute atomic E-state index is 12.9. The van der Waals surface area contributed by atoms with Crippen LogP contribution in [-0.2, 0) is 11.2 Å². The summed E-state index contributed by atoms with van der Waals surface area (Å²) in [4.78, 5) is 11.9. The number of hydrogen-bond donors (Lipinski definition) is 1. The molecule has 3 heteroatoms. The molecule has 2 aromatic carbocycles. The van der Waals surface area contributed by atoms with E-state index in [-0.39, 0.29) is 17.8 Å². The molecule has 0 saturated heterocycles. The third-order valence-electron chi connectivity index (χ3n) is 3.51. The van der Waals surface area contributed by atoms with Crippen LogP contribution in [0.15, 0.2) is 48.5 Å². The van der Waals surface area contributed by atoms with Crippen LogP contribution in [0, 0.1) is 12.7 Å². The van der Waals surface area contributed by atoms with Gasteiger partial charge in [0.25, 0.3) is 0 Å². The molecule has 21 heavy (non-hydrogen) atoms. The zero-order valence-corrected chi connectivity index (χ0v) is 12.4. The second-order valence-electron chi connectivity index (χ2n) is 5.33. The van der Waals surface area contributed by atoms with Gasteiger partial charge in [-0.05, 0) is 43.5 Å². The Morgan fingerprint density at radius 3 is 2.33 bits per heavy atom. The molecule has 2 rings (SSSR count). The van der Waals surface area contributed by atoms with Gasteiger partial charge >= 0.3 is 0 Å². The van der Waals surface area contributed by atoms with E-state index in [1.807, 2.05) is 38.1 Å². The Morgan fingerprint density at radius 2 is 1.71 bits per heavy atom. The first kappa shape index (κ1) is 15.2. The summed E-state index contributed by atoms with van der Waals surface area (Å²) >= 11 is 0. The summed E-state index contributed by atoms with van der Waals surface area (Å²) in [5, 5.41) is 2.94.